The summed E-state index contributed by atoms with van der Waals surface area (Å²) in [6.07, 6.45) is 5.84. The minimum Gasteiger partial charge on any atom is -0.337 e. The van der Waals surface area contributed by atoms with Crippen molar-refractivity contribution >= 4 is 16.8 Å². The average Bonchev–Trinajstić information content (AvgIpc) is 3.55. The third kappa shape index (κ3) is 3.63. The fourth-order valence-corrected chi connectivity index (χ4v) is 4.23. The molecule has 1 N–H and O–H groups in total. The van der Waals surface area contributed by atoms with Gasteiger partial charge in [0.25, 0.3) is 5.91 Å². The first-order valence-corrected chi connectivity index (χ1v) is 10.7. The van der Waals surface area contributed by atoms with E-state index in [1.54, 1.807) is 17.3 Å². The Morgan fingerprint density at radius 3 is 2.84 bits per heavy atom. The molecule has 1 saturated carbocycles. The van der Waals surface area contributed by atoms with Gasteiger partial charge in [-0.05, 0) is 66.6 Å². The molecule has 0 atom stereocenters. The summed E-state index contributed by atoms with van der Waals surface area (Å²) in [6.45, 7) is 2.39. The van der Waals surface area contributed by atoms with Gasteiger partial charge in [-0.2, -0.15) is 10.4 Å². The van der Waals surface area contributed by atoms with E-state index in [0.29, 0.717) is 23.6 Å². The number of aromatic amines is 1. The maximum absolute atomic E-state index is 13.3. The number of H-pyrrole nitrogens is 1. The van der Waals surface area contributed by atoms with Crippen LogP contribution in [0.2, 0.25) is 0 Å². The molecule has 158 valence electrons. The SMILES string of the molecule is Cc1ncc(CN(C)C(=O)c2ccc(-c3cccc(C#N)c3)c(C3CC3)c2)c2[nH]ncc12. The van der Waals surface area contributed by atoms with Gasteiger partial charge < -0.3 is 4.90 Å². The molecule has 1 amide bonds. The van der Waals surface area contributed by atoms with Gasteiger partial charge in [-0.25, -0.2) is 0 Å². The van der Waals surface area contributed by atoms with E-state index in [1.165, 1.54) is 5.56 Å². The highest BCUT2D eigenvalue weighted by molar-refractivity contribution is 5.95. The van der Waals surface area contributed by atoms with Gasteiger partial charge in [0.05, 0.1) is 23.3 Å². The summed E-state index contributed by atoms with van der Waals surface area (Å²) < 4.78 is 0. The second-order valence-corrected chi connectivity index (χ2v) is 8.46. The Hall–Kier alpha value is -3.98. The van der Waals surface area contributed by atoms with Crippen LogP contribution in [0.25, 0.3) is 22.0 Å². The van der Waals surface area contributed by atoms with Crippen molar-refractivity contribution in [1.29, 1.82) is 5.26 Å². The average molecular weight is 422 g/mol. The van der Waals surface area contributed by atoms with Gasteiger partial charge in [-0.1, -0.05) is 18.2 Å². The van der Waals surface area contributed by atoms with E-state index in [4.69, 9.17) is 0 Å². The van der Waals surface area contributed by atoms with Crippen molar-refractivity contribution in [2.75, 3.05) is 7.05 Å². The second kappa shape index (κ2) is 7.93. The highest BCUT2D eigenvalue weighted by atomic mass is 16.2. The Bertz CT molecular complexity index is 1380. The third-order valence-electron chi connectivity index (χ3n) is 6.14. The number of fused-ring (bicyclic) bond motifs is 1. The number of benzene rings is 2. The largest absolute Gasteiger partial charge is 0.337 e. The Balaban J connectivity index is 1.44. The minimum atomic E-state index is -0.0301. The van der Waals surface area contributed by atoms with E-state index in [-0.39, 0.29) is 5.91 Å². The molecule has 4 aromatic rings. The van der Waals surface area contributed by atoms with Crippen LogP contribution < -0.4 is 0 Å². The predicted molar refractivity (Wildman–Crippen MR) is 123 cm³/mol. The van der Waals surface area contributed by atoms with Crippen molar-refractivity contribution in [3.8, 4) is 17.2 Å². The van der Waals surface area contributed by atoms with Crippen LogP contribution in [-0.4, -0.2) is 33.0 Å². The molecule has 0 unspecified atom stereocenters. The normalized spacial score (nSPS) is 13.2. The number of aryl methyl sites for hydroxylation is 1. The Kier molecular flexibility index (Phi) is 4.95. The number of amides is 1. The van der Waals surface area contributed by atoms with Gasteiger partial charge in [0, 0.05) is 42.0 Å². The van der Waals surface area contributed by atoms with Crippen molar-refractivity contribution in [2.24, 2.45) is 0 Å². The summed E-state index contributed by atoms with van der Waals surface area (Å²) in [5.74, 6) is 0.442. The Morgan fingerprint density at radius 2 is 2.06 bits per heavy atom. The highest BCUT2D eigenvalue weighted by Crippen LogP contribution is 2.45. The van der Waals surface area contributed by atoms with Crippen LogP contribution >= 0.6 is 0 Å². The van der Waals surface area contributed by atoms with Crippen molar-refractivity contribution in [1.82, 2.24) is 20.1 Å². The first-order valence-electron chi connectivity index (χ1n) is 10.7. The van der Waals surface area contributed by atoms with Crippen LogP contribution in [0.1, 0.15) is 51.5 Å². The Morgan fingerprint density at radius 1 is 1.22 bits per heavy atom. The molecule has 0 saturated heterocycles. The third-order valence-corrected chi connectivity index (χ3v) is 6.14. The molecular weight excluding hydrogens is 398 g/mol. The lowest BCUT2D eigenvalue weighted by molar-refractivity contribution is 0.0785. The van der Waals surface area contributed by atoms with Crippen molar-refractivity contribution in [2.45, 2.75) is 32.2 Å². The summed E-state index contributed by atoms with van der Waals surface area (Å²) >= 11 is 0. The van der Waals surface area contributed by atoms with Crippen molar-refractivity contribution < 1.29 is 4.79 Å². The van der Waals surface area contributed by atoms with E-state index < -0.39 is 0 Å². The van der Waals surface area contributed by atoms with Gasteiger partial charge in [0.2, 0.25) is 0 Å². The zero-order valence-electron chi connectivity index (χ0n) is 18.1. The highest BCUT2D eigenvalue weighted by Gasteiger charge is 2.28. The quantitative estimate of drug-likeness (QED) is 0.494. The number of nitriles is 1. The Labute approximate surface area is 186 Å². The fraction of sp³-hybridized carbons (Fsp3) is 0.231. The van der Waals surface area contributed by atoms with E-state index in [1.807, 2.05) is 56.4 Å². The topological polar surface area (TPSA) is 85.7 Å². The number of rotatable bonds is 5. The molecule has 0 spiro atoms. The first-order chi connectivity index (χ1) is 15.5. The van der Waals surface area contributed by atoms with Gasteiger partial charge in [0.1, 0.15) is 0 Å². The maximum atomic E-state index is 13.3. The molecule has 1 aliphatic carbocycles. The smallest absolute Gasteiger partial charge is 0.253 e. The summed E-state index contributed by atoms with van der Waals surface area (Å²) in [6, 6.07) is 15.8. The number of aromatic nitrogens is 3. The number of hydrogen-bond acceptors (Lipinski definition) is 4. The lowest BCUT2D eigenvalue weighted by Gasteiger charge is -2.19. The zero-order valence-corrected chi connectivity index (χ0v) is 18.1. The molecule has 0 bridgehead atoms. The summed E-state index contributed by atoms with van der Waals surface area (Å²) in [4.78, 5) is 19.4. The van der Waals surface area contributed by atoms with Crippen molar-refractivity contribution in [3.05, 3.63) is 82.8 Å². The van der Waals surface area contributed by atoms with Crippen LogP contribution in [0.5, 0.6) is 0 Å². The van der Waals surface area contributed by atoms with Gasteiger partial charge >= 0.3 is 0 Å². The molecule has 6 heteroatoms. The first kappa shape index (κ1) is 20.0. The summed E-state index contributed by atoms with van der Waals surface area (Å²) in [5, 5.41) is 17.4. The number of carbonyl (C=O) groups is 1. The standard InChI is InChI=1S/C26H23N5O/c1-16-24-14-29-30-25(24)21(13-28-16)15-31(2)26(32)20-8-9-22(23(11-20)18-6-7-18)19-5-3-4-17(10-19)12-27/h3-5,8-11,13-14,18H,6-7,15H2,1-2H3,(H,29,30). The van der Waals surface area contributed by atoms with Gasteiger partial charge in [-0.3, -0.25) is 14.9 Å². The van der Waals surface area contributed by atoms with Crippen LogP contribution in [0.3, 0.4) is 0 Å². The number of pyridine rings is 1. The summed E-state index contributed by atoms with van der Waals surface area (Å²) in [7, 11) is 1.81. The number of carbonyl (C=O) groups excluding carboxylic acids is 1. The number of nitrogens with zero attached hydrogens (tertiary/aromatic N) is 4. The molecule has 2 heterocycles. The summed E-state index contributed by atoms with van der Waals surface area (Å²) in [5.41, 5.74) is 7.40. The lowest BCUT2D eigenvalue weighted by atomic mass is 9.93. The van der Waals surface area contributed by atoms with Crippen LogP contribution in [0, 0.1) is 18.3 Å². The minimum absolute atomic E-state index is 0.0301. The lowest BCUT2D eigenvalue weighted by Crippen LogP contribution is -2.26. The van der Waals surface area contributed by atoms with E-state index >= 15 is 0 Å². The van der Waals surface area contributed by atoms with Gasteiger partial charge in [0.15, 0.2) is 0 Å². The predicted octanol–water partition coefficient (Wildman–Crippen LogP) is 4.95. The molecule has 6 nitrogen and oxygen atoms in total. The van der Waals surface area contributed by atoms with Crippen LogP contribution in [0.4, 0.5) is 0 Å². The molecular formula is C26H23N5O. The van der Waals surface area contributed by atoms with Crippen LogP contribution in [-0.2, 0) is 6.54 Å². The number of hydrogen-bond donors (Lipinski definition) is 1. The van der Waals surface area contributed by atoms with Crippen molar-refractivity contribution in [3.63, 3.8) is 0 Å². The zero-order chi connectivity index (χ0) is 22.2. The maximum Gasteiger partial charge on any atom is 0.253 e. The molecule has 2 aromatic heterocycles. The molecule has 2 aromatic carbocycles. The molecule has 1 fully saturated rings. The van der Waals surface area contributed by atoms with Crippen LogP contribution in [0.15, 0.2) is 54.9 Å². The van der Waals surface area contributed by atoms with E-state index in [0.717, 1.165) is 46.1 Å². The molecule has 0 radical (unpaired) electrons. The number of nitrogens with one attached hydrogen (secondary N) is 1. The van der Waals surface area contributed by atoms with E-state index in [2.05, 4.69) is 21.3 Å². The molecule has 5 rings (SSSR count). The molecule has 32 heavy (non-hydrogen) atoms. The van der Waals surface area contributed by atoms with E-state index in [9.17, 15) is 10.1 Å². The molecule has 0 aliphatic heterocycles. The second-order valence-electron chi connectivity index (χ2n) is 8.46. The fourth-order valence-electron chi connectivity index (χ4n) is 4.23. The van der Waals surface area contributed by atoms with Gasteiger partial charge in [-0.15, -0.1) is 0 Å². The molecule has 1 aliphatic rings. The monoisotopic (exact) mass is 421 g/mol.